The molecule has 4 heteroatoms. The Morgan fingerprint density at radius 1 is 1.29 bits per heavy atom. The Bertz CT molecular complexity index is 476. The molecule has 1 heterocycles. The van der Waals surface area contributed by atoms with Crippen LogP contribution in [0.4, 0.5) is 0 Å². The van der Waals surface area contributed by atoms with Gasteiger partial charge < -0.3 is 9.80 Å². The second-order valence-corrected chi connectivity index (χ2v) is 7.00. The van der Waals surface area contributed by atoms with Crippen LogP contribution >= 0.6 is 11.8 Å². The molecule has 0 spiro atoms. The van der Waals surface area contributed by atoms with Crippen LogP contribution in [0.1, 0.15) is 24.8 Å². The Kier molecular flexibility index (Phi) is 6.12. The van der Waals surface area contributed by atoms with E-state index in [1.807, 2.05) is 12.1 Å². The predicted molar refractivity (Wildman–Crippen MR) is 89.8 cm³/mol. The first-order valence-electron chi connectivity index (χ1n) is 7.70. The van der Waals surface area contributed by atoms with Gasteiger partial charge in [-0.25, -0.2) is 0 Å². The van der Waals surface area contributed by atoms with Gasteiger partial charge in [-0.05, 0) is 51.9 Å². The van der Waals surface area contributed by atoms with E-state index in [0.717, 1.165) is 25.9 Å². The first kappa shape index (κ1) is 16.4. The van der Waals surface area contributed by atoms with Gasteiger partial charge in [0.25, 0.3) is 0 Å². The van der Waals surface area contributed by atoms with Crippen molar-refractivity contribution >= 4 is 17.7 Å². The zero-order valence-corrected chi connectivity index (χ0v) is 14.2. The average molecular weight is 306 g/mol. The van der Waals surface area contributed by atoms with E-state index in [0.29, 0.717) is 11.8 Å². The lowest BCUT2D eigenvalue weighted by Gasteiger charge is -2.23. The van der Waals surface area contributed by atoms with E-state index < -0.39 is 0 Å². The molecule has 21 heavy (non-hydrogen) atoms. The summed E-state index contributed by atoms with van der Waals surface area (Å²) < 4.78 is 0. The summed E-state index contributed by atoms with van der Waals surface area (Å²) in [5.74, 6) is 0.833. The lowest BCUT2D eigenvalue weighted by Crippen LogP contribution is -2.34. The smallest absolute Gasteiger partial charge is 0.232 e. The van der Waals surface area contributed by atoms with Gasteiger partial charge in [0.05, 0.1) is 5.75 Å². The largest absolute Gasteiger partial charge is 0.342 e. The van der Waals surface area contributed by atoms with Gasteiger partial charge >= 0.3 is 0 Å². The topological polar surface area (TPSA) is 23.6 Å². The molecule has 116 valence electrons. The SMILES string of the molecule is Cc1ccccc1SCC(=O)N1CCC[C@@H](N(C)C)CC1. The highest BCUT2D eigenvalue weighted by Crippen LogP contribution is 2.23. The molecule has 0 aromatic heterocycles. The fourth-order valence-corrected chi connectivity index (χ4v) is 3.73. The fourth-order valence-electron chi connectivity index (χ4n) is 2.79. The van der Waals surface area contributed by atoms with Crippen molar-refractivity contribution in [3.8, 4) is 0 Å². The van der Waals surface area contributed by atoms with Crippen LogP contribution in [0.25, 0.3) is 0 Å². The van der Waals surface area contributed by atoms with Gasteiger partial charge in [-0.1, -0.05) is 18.2 Å². The number of hydrogen-bond donors (Lipinski definition) is 0. The highest BCUT2D eigenvalue weighted by atomic mass is 32.2. The number of carbonyl (C=O) groups is 1. The summed E-state index contributed by atoms with van der Waals surface area (Å²) in [6.45, 7) is 3.91. The summed E-state index contributed by atoms with van der Waals surface area (Å²) in [6, 6.07) is 8.88. The predicted octanol–water partition coefficient (Wildman–Crippen LogP) is 3.03. The minimum Gasteiger partial charge on any atom is -0.342 e. The summed E-state index contributed by atoms with van der Waals surface area (Å²) in [4.78, 5) is 18.0. The van der Waals surface area contributed by atoms with Crippen molar-refractivity contribution < 1.29 is 4.79 Å². The molecule has 2 rings (SSSR count). The van der Waals surface area contributed by atoms with Gasteiger partial charge in [-0.2, -0.15) is 0 Å². The third-order valence-corrected chi connectivity index (χ3v) is 5.39. The molecule has 1 amide bonds. The Morgan fingerprint density at radius 2 is 2.05 bits per heavy atom. The lowest BCUT2D eigenvalue weighted by molar-refractivity contribution is -0.128. The van der Waals surface area contributed by atoms with E-state index in [1.165, 1.54) is 16.9 Å². The molecule has 1 aliphatic rings. The van der Waals surface area contributed by atoms with Gasteiger partial charge in [-0.15, -0.1) is 11.8 Å². The maximum Gasteiger partial charge on any atom is 0.232 e. The molecule has 1 aromatic rings. The Balaban J connectivity index is 1.85. The van der Waals surface area contributed by atoms with Gasteiger partial charge in [0.15, 0.2) is 0 Å². The maximum atomic E-state index is 12.4. The highest BCUT2D eigenvalue weighted by molar-refractivity contribution is 8.00. The van der Waals surface area contributed by atoms with E-state index >= 15 is 0 Å². The highest BCUT2D eigenvalue weighted by Gasteiger charge is 2.21. The van der Waals surface area contributed by atoms with Crippen molar-refractivity contribution in [1.29, 1.82) is 0 Å². The number of benzene rings is 1. The lowest BCUT2D eigenvalue weighted by atomic mass is 10.1. The van der Waals surface area contributed by atoms with Gasteiger partial charge in [0.2, 0.25) is 5.91 Å². The number of hydrogen-bond acceptors (Lipinski definition) is 3. The van der Waals surface area contributed by atoms with E-state index in [1.54, 1.807) is 11.8 Å². The Morgan fingerprint density at radius 3 is 2.76 bits per heavy atom. The molecule has 1 fully saturated rings. The third-order valence-electron chi connectivity index (χ3n) is 4.23. The van der Waals surface area contributed by atoms with Crippen LogP contribution in [0, 0.1) is 6.92 Å². The van der Waals surface area contributed by atoms with E-state index in [2.05, 4.69) is 43.0 Å². The van der Waals surface area contributed by atoms with Crippen LogP contribution in [0.15, 0.2) is 29.2 Å². The van der Waals surface area contributed by atoms with E-state index in [-0.39, 0.29) is 5.91 Å². The van der Waals surface area contributed by atoms with Gasteiger partial charge in [0, 0.05) is 24.0 Å². The molecule has 1 aromatic carbocycles. The molecule has 0 aliphatic carbocycles. The molecule has 3 nitrogen and oxygen atoms in total. The summed E-state index contributed by atoms with van der Waals surface area (Å²) in [7, 11) is 4.27. The summed E-state index contributed by atoms with van der Waals surface area (Å²) >= 11 is 1.66. The molecule has 0 N–H and O–H groups in total. The van der Waals surface area contributed by atoms with Crippen LogP contribution in [0.3, 0.4) is 0 Å². The summed E-state index contributed by atoms with van der Waals surface area (Å²) in [6.07, 6.45) is 3.40. The molecular weight excluding hydrogens is 280 g/mol. The van der Waals surface area contributed by atoms with Crippen LogP contribution < -0.4 is 0 Å². The monoisotopic (exact) mass is 306 g/mol. The van der Waals surface area contributed by atoms with Crippen molar-refractivity contribution in [3.63, 3.8) is 0 Å². The zero-order valence-electron chi connectivity index (χ0n) is 13.3. The normalized spacial score (nSPS) is 19.6. The average Bonchev–Trinajstić information content (AvgIpc) is 2.72. The van der Waals surface area contributed by atoms with Crippen LogP contribution in [-0.4, -0.2) is 54.7 Å². The van der Waals surface area contributed by atoms with Gasteiger partial charge in [0.1, 0.15) is 0 Å². The number of carbonyl (C=O) groups excluding carboxylic acids is 1. The molecule has 0 saturated carbocycles. The zero-order chi connectivity index (χ0) is 15.2. The number of nitrogens with zero attached hydrogens (tertiary/aromatic N) is 2. The standard InChI is InChI=1S/C17H26N2OS/c1-14-7-4-5-9-16(14)21-13-17(20)19-11-6-8-15(10-12-19)18(2)3/h4-5,7,9,15H,6,8,10-13H2,1-3H3/t15-/m1/s1. The first-order chi connectivity index (χ1) is 10.1. The Labute approximate surface area is 132 Å². The molecule has 1 saturated heterocycles. The van der Waals surface area contributed by atoms with E-state index in [4.69, 9.17) is 0 Å². The molecule has 1 aliphatic heterocycles. The molecule has 0 radical (unpaired) electrons. The minimum atomic E-state index is 0.280. The summed E-state index contributed by atoms with van der Waals surface area (Å²) in [5.41, 5.74) is 1.25. The van der Waals surface area contributed by atoms with Crippen LogP contribution in [0.5, 0.6) is 0 Å². The second-order valence-electron chi connectivity index (χ2n) is 5.98. The number of likely N-dealkylation sites (tertiary alicyclic amines) is 1. The fraction of sp³-hybridized carbons (Fsp3) is 0.588. The Hall–Kier alpha value is -1.00. The van der Waals surface area contributed by atoms with Crippen LogP contribution in [0.2, 0.25) is 0 Å². The third kappa shape index (κ3) is 4.75. The minimum absolute atomic E-state index is 0.280. The number of amides is 1. The number of aryl methyl sites for hydroxylation is 1. The molecule has 1 atom stereocenters. The number of thioether (sulfide) groups is 1. The van der Waals surface area contributed by atoms with E-state index in [9.17, 15) is 4.79 Å². The van der Waals surface area contributed by atoms with Crippen LogP contribution in [-0.2, 0) is 4.79 Å². The van der Waals surface area contributed by atoms with Crippen molar-refractivity contribution in [1.82, 2.24) is 9.80 Å². The quantitative estimate of drug-likeness (QED) is 0.799. The van der Waals surface area contributed by atoms with Gasteiger partial charge in [-0.3, -0.25) is 4.79 Å². The number of rotatable bonds is 4. The molecule has 0 bridgehead atoms. The first-order valence-corrected chi connectivity index (χ1v) is 8.69. The van der Waals surface area contributed by atoms with Crippen molar-refractivity contribution in [2.75, 3.05) is 32.9 Å². The van der Waals surface area contributed by atoms with Crippen molar-refractivity contribution in [2.24, 2.45) is 0 Å². The molecular formula is C17H26N2OS. The van der Waals surface area contributed by atoms with Crippen molar-refractivity contribution in [3.05, 3.63) is 29.8 Å². The summed E-state index contributed by atoms with van der Waals surface area (Å²) in [5, 5.41) is 0. The van der Waals surface area contributed by atoms with Crippen molar-refractivity contribution in [2.45, 2.75) is 37.1 Å². The maximum absolute atomic E-state index is 12.4. The molecule has 0 unspecified atom stereocenters. The second kappa shape index (κ2) is 7.85.